The van der Waals surface area contributed by atoms with E-state index in [1.54, 1.807) is 13.4 Å². The minimum absolute atomic E-state index is 0.0104. The zero-order chi connectivity index (χ0) is 12.6. The molecule has 0 fully saturated rings. The molecule has 2 N–H and O–H groups in total. The van der Waals surface area contributed by atoms with Gasteiger partial charge in [0.1, 0.15) is 11.3 Å². The molecule has 0 saturated heterocycles. The summed E-state index contributed by atoms with van der Waals surface area (Å²) in [4.78, 5) is 0. The Morgan fingerprint density at radius 2 is 2.00 bits per heavy atom. The van der Waals surface area contributed by atoms with Gasteiger partial charge in [-0.3, -0.25) is 0 Å². The topological polar surface area (TPSA) is 48.4 Å². The first-order chi connectivity index (χ1) is 7.97. The number of hydrogen-bond acceptors (Lipinski definition) is 3. The Morgan fingerprint density at radius 3 is 2.53 bits per heavy atom. The molecular formula is C14H19NO2. The van der Waals surface area contributed by atoms with E-state index in [0.717, 1.165) is 27.8 Å². The predicted octanol–water partition coefficient (Wildman–Crippen LogP) is 3.20. The number of fused-ring (bicyclic) bond motifs is 1. The zero-order valence-electron chi connectivity index (χ0n) is 10.8. The number of benzene rings is 1. The van der Waals surface area contributed by atoms with E-state index in [0.29, 0.717) is 6.54 Å². The smallest absolute Gasteiger partial charge is 0.138 e. The fourth-order valence-corrected chi connectivity index (χ4v) is 1.99. The Morgan fingerprint density at radius 1 is 1.29 bits per heavy atom. The largest absolute Gasteiger partial charge is 0.497 e. The molecule has 2 rings (SSSR count). The van der Waals surface area contributed by atoms with Crippen molar-refractivity contribution < 1.29 is 9.15 Å². The van der Waals surface area contributed by atoms with Gasteiger partial charge < -0.3 is 14.9 Å². The lowest BCUT2D eigenvalue weighted by Gasteiger charge is -2.20. The van der Waals surface area contributed by atoms with Crippen molar-refractivity contribution in [3.05, 3.63) is 29.5 Å². The van der Waals surface area contributed by atoms with E-state index in [1.807, 2.05) is 12.1 Å². The first kappa shape index (κ1) is 12.0. The van der Waals surface area contributed by atoms with Crippen molar-refractivity contribution in [3.63, 3.8) is 0 Å². The third kappa shape index (κ3) is 2.03. The molecule has 0 amide bonds. The third-order valence-electron chi connectivity index (χ3n) is 2.99. The molecule has 0 radical (unpaired) electrons. The SMILES string of the molecule is COc1cc(C(C)(C)C)c2occ(CN)c2c1. The molecule has 1 aromatic carbocycles. The Labute approximate surface area is 102 Å². The normalized spacial score (nSPS) is 12.1. The first-order valence-corrected chi connectivity index (χ1v) is 5.76. The van der Waals surface area contributed by atoms with Crippen LogP contribution in [0.1, 0.15) is 31.9 Å². The van der Waals surface area contributed by atoms with Crippen LogP contribution < -0.4 is 10.5 Å². The summed E-state index contributed by atoms with van der Waals surface area (Å²) in [7, 11) is 1.68. The maximum absolute atomic E-state index is 5.71. The fraction of sp³-hybridized carbons (Fsp3) is 0.429. The molecule has 0 saturated carbocycles. The lowest BCUT2D eigenvalue weighted by Crippen LogP contribution is -2.11. The van der Waals surface area contributed by atoms with Gasteiger partial charge >= 0.3 is 0 Å². The molecule has 1 heterocycles. The fourth-order valence-electron chi connectivity index (χ4n) is 1.99. The number of hydrogen-bond donors (Lipinski definition) is 1. The maximum Gasteiger partial charge on any atom is 0.138 e. The molecule has 0 spiro atoms. The molecule has 0 aliphatic carbocycles. The summed E-state index contributed by atoms with van der Waals surface area (Å²) < 4.78 is 11.0. The van der Waals surface area contributed by atoms with Crippen molar-refractivity contribution >= 4 is 11.0 Å². The maximum atomic E-state index is 5.71. The summed E-state index contributed by atoms with van der Waals surface area (Å²) in [6, 6.07) is 4.02. The second-order valence-electron chi connectivity index (χ2n) is 5.27. The van der Waals surface area contributed by atoms with Crippen LogP contribution in [0.25, 0.3) is 11.0 Å². The summed E-state index contributed by atoms with van der Waals surface area (Å²) in [5.74, 6) is 0.846. The van der Waals surface area contributed by atoms with Gasteiger partial charge in [-0.2, -0.15) is 0 Å². The molecule has 92 valence electrons. The van der Waals surface area contributed by atoms with Crippen molar-refractivity contribution in [2.45, 2.75) is 32.7 Å². The van der Waals surface area contributed by atoms with Gasteiger partial charge in [-0.05, 0) is 17.5 Å². The van der Waals surface area contributed by atoms with Gasteiger partial charge in [0.15, 0.2) is 0 Å². The molecule has 0 bridgehead atoms. The van der Waals surface area contributed by atoms with Crippen LogP contribution in [-0.4, -0.2) is 7.11 Å². The third-order valence-corrected chi connectivity index (χ3v) is 2.99. The molecule has 3 heteroatoms. The molecular weight excluding hydrogens is 214 g/mol. The van der Waals surface area contributed by atoms with E-state index in [-0.39, 0.29) is 5.41 Å². The number of methoxy groups -OCH3 is 1. The highest BCUT2D eigenvalue weighted by Gasteiger charge is 2.21. The Kier molecular flexibility index (Phi) is 2.87. The zero-order valence-corrected chi connectivity index (χ0v) is 10.8. The van der Waals surface area contributed by atoms with E-state index in [1.165, 1.54) is 0 Å². The van der Waals surface area contributed by atoms with Crippen molar-refractivity contribution in [2.24, 2.45) is 5.73 Å². The summed E-state index contributed by atoms with van der Waals surface area (Å²) in [6.07, 6.45) is 1.74. The number of furan rings is 1. The van der Waals surface area contributed by atoms with E-state index < -0.39 is 0 Å². The van der Waals surface area contributed by atoms with Gasteiger partial charge in [0.25, 0.3) is 0 Å². The highest BCUT2D eigenvalue weighted by atomic mass is 16.5. The summed E-state index contributed by atoms with van der Waals surface area (Å²) in [6.45, 7) is 6.95. The van der Waals surface area contributed by atoms with Crippen LogP contribution in [0.15, 0.2) is 22.8 Å². The summed E-state index contributed by atoms with van der Waals surface area (Å²) in [5, 5.41) is 1.05. The van der Waals surface area contributed by atoms with Crippen LogP contribution in [0.5, 0.6) is 5.75 Å². The second kappa shape index (κ2) is 4.08. The van der Waals surface area contributed by atoms with E-state index in [9.17, 15) is 0 Å². The van der Waals surface area contributed by atoms with Crippen molar-refractivity contribution in [1.29, 1.82) is 0 Å². The van der Waals surface area contributed by atoms with Crippen LogP contribution in [-0.2, 0) is 12.0 Å². The standard InChI is InChI=1S/C14H19NO2/c1-14(2,3)12-6-10(16-4)5-11-9(7-15)8-17-13(11)12/h5-6,8H,7,15H2,1-4H3. The van der Waals surface area contributed by atoms with Gasteiger partial charge in [-0.1, -0.05) is 20.8 Å². The van der Waals surface area contributed by atoms with E-state index >= 15 is 0 Å². The highest BCUT2D eigenvalue weighted by molar-refractivity contribution is 5.86. The Balaban J connectivity index is 2.78. The van der Waals surface area contributed by atoms with Crippen molar-refractivity contribution in [1.82, 2.24) is 0 Å². The summed E-state index contributed by atoms with van der Waals surface area (Å²) in [5.41, 5.74) is 8.80. The van der Waals surface area contributed by atoms with Gasteiger partial charge in [0, 0.05) is 23.1 Å². The highest BCUT2D eigenvalue weighted by Crippen LogP contribution is 2.36. The molecule has 2 aromatic rings. The number of rotatable bonds is 2. The van der Waals surface area contributed by atoms with Crippen LogP contribution in [0.4, 0.5) is 0 Å². The number of nitrogens with two attached hydrogens (primary N) is 1. The van der Waals surface area contributed by atoms with Crippen LogP contribution in [0, 0.1) is 0 Å². The van der Waals surface area contributed by atoms with Crippen LogP contribution >= 0.6 is 0 Å². The van der Waals surface area contributed by atoms with Gasteiger partial charge in [-0.15, -0.1) is 0 Å². The Bertz CT molecular complexity index is 535. The average molecular weight is 233 g/mol. The monoisotopic (exact) mass is 233 g/mol. The summed E-state index contributed by atoms with van der Waals surface area (Å²) >= 11 is 0. The van der Waals surface area contributed by atoms with Crippen LogP contribution in [0.3, 0.4) is 0 Å². The van der Waals surface area contributed by atoms with Crippen molar-refractivity contribution in [3.8, 4) is 5.75 Å². The molecule has 0 aliphatic rings. The second-order valence-corrected chi connectivity index (χ2v) is 5.27. The quantitative estimate of drug-likeness (QED) is 0.866. The predicted molar refractivity (Wildman–Crippen MR) is 69.4 cm³/mol. The lowest BCUT2D eigenvalue weighted by molar-refractivity contribution is 0.413. The first-order valence-electron chi connectivity index (χ1n) is 5.76. The van der Waals surface area contributed by atoms with E-state index in [4.69, 9.17) is 14.9 Å². The molecule has 0 unspecified atom stereocenters. The number of ether oxygens (including phenoxy) is 1. The Hall–Kier alpha value is -1.48. The molecule has 17 heavy (non-hydrogen) atoms. The minimum atomic E-state index is 0.0104. The molecule has 3 nitrogen and oxygen atoms in total. The molecule has 0 aliphatic heterocycles. The molecule has 0 atom stereocenters. The van der Waals surface area contributed by atoms with Gasteiger partial charge in [-0.25, -0.2) is 0 Å². The van der Waals surface area contributed by atoms with E-state index in [2.05, 4.69) is 20.8 Å². The molecule has 1 aromatic heterocycles. The average Bonchev–Trinajstić information content (AvgIpc) is 2.68. The van der Waals surface area contributed by atoms with Crippen molar-refractivity contribution in [2.75, 3.05) is 7.11 Å². The van der Waals surface area contributed by atoms with Crippen LogP contribution in [0.2, 0.25) is 0 Å². The van der Waals surface area contributed by atoms with Gasteiger partial charge in [0.2, 0.25) is 0 Å². The lowest BCUT2D eigenvalue weighted by atomic mass is 9.85. The van der Waals surface area contributed by atoms with Gasteiger partial charge in [0.05, 0.1) is 13.4 Å². The minimum Gasteiger partial charge on any atom is -0.497 e.